The van der Waals surface area contributed by atoms with Crippen molar-refractivity contribution in [3.8, 4) is 0 Å². The van der Waals surface area contributed by atoms with Gasteiger partial charge in [-0.05, 0) is 43.9 Å². The van der Waals surface area contributed by atoms with Crippen LogP contribution in [0, 0.1) is 17.8 Å². The molecule has 3 fully saturated rings. The highest BCUT2D eigenvalue weighted by Crippen LogP contribution is 2.53. The molecule has 0 spiro atoms. The Morgan fingerprint density at radius 1 is 1.17 bits per heavy atom. The molecule has 3 aliphatic carbocycles. The molecule has 12 heavy (non-hydrogen) atoms. The molecular formula is C11H22O. The van der Waals surface area contributed by atoms with Crippen LogP contribution in [0.2, 0.25) is 0 Å². The number of hydrogen-bond donors (Lipinski definition) is 1. The molecule has 0 saturated heterocycles. The van der Waals surface area contributed by atoms with Gasteiger partial charge < -0.3 is 5.11 Å². The Morgan fingerprint density at radius 2 is 1.67 bits per heavy atom. The molecule has 0 heterocycles. The van der Waals surface area contributed by atoms with Crippen LogP contribution in [-0.2, 0) is 0 Å². The Morgan fingerprint density at radius 3 is 1.92 bits per heavy atom. The predicted molar refractivity (Wildman–Crippen MR) is 52.0 cm³/mol. The van der Waals surface area contributed by atoms with Gasteiger partial charge in [-0.3, -0.25) is 0 Å². The average Bonchev–Trinajstić information content (AvgIpc) is 1.96. The molecule has 2 bridgehead atoms. The Balaban J connectivity index is 0.000000336. The van der Waals surface area contributed by atoms with Crippen LogP contribution < -0.4 is 0 Å². The fourth-order valence-electron chi connectivity index (χ4n) is 2.55. The first-order valence-electron chi connectivity index (χ1n) is 5.33. The van der Waals surface area contributed by atoms with E-state index in [0.717, 1.165) is 5.92 Å². The molecule has 0 aromatic heterocycles. The molecule has 3 rings (SSSR count). The van der Waals surface area contributed by atoms with Crippen LogP contribution in [0.3, 0.4) is 0 Å². The van der Waals surface area contributed by atoms with E-state index in [-0.39, 0.29) is 5.60 Å². The summed E-state index contributed by atoms with van der Waals surface area (Å²) in [7, 11) is 0. The first-order chi connectivity index (χ1) is 5.60. The van der Waals surface area contributed by atoms with Gasteiger partial charge in [0, 0.05) is 0 Å². The molecule has 0 aromatic rings. The van der Waals surface area contributed by atoms with Crippen molar-refractivity contribution in [3.63, 3.8) is 0 Å². The van der Waals surface area contributed by atoms with E-state index in [0.29, 0.717) is 11.8 Å². The second-order valence-corrected chi connectivity index (χ2v) is 4.40. The van der Waals surface area contributed by atoms with E-state index < -0.39 is 0 Å². The third-order valence-corrected chi connectivity index (χ3v) is 3.75. The molecule has 1 nitrogen and oxygen atoms in total. The van der Waals surface area contributed by atoms with Crippen molar-refractivity contribution in [1.29, 1.82) is 0 Å². The Bertz CT molecular complexity index is 141. The summed E-state index contributed by atoms with van der Waals surface area (Å²) in [6.45, 7) is 8.19. The molecule has 1 N–H and O–H groups in total. The number of aliphatic hydroxyl groups is 1. The Kier molecular flexibility index (Phi) is 2.82. The smallest absolute Gasteiger partial charge is 0.0673 e. The normalized spacial score (nSPS) is 50.2. The van der Waals surface area contributed by atoms with Gasteiger partial charge in [0.15, 0.2) is 0 Å². The molecule has 3 saturated carbocycles. The molecule has 0 aliphatic heterocycles. The maximum absolute atomic E-state index is 9.95. The number of hydrogen-bond acceptors (Lipinski definition) is 1. The third-order valence-electron chi connectivity index (χ3n) is 3.75. The van der Waals surface area contributed by atoms with Gasteiger partial charge in [0.1, 0.15) is 0 Å². The number of fused-ring (bicyclic) bond motifs is 2. The average molecular weight is 170 g/mol. The molecule has 0 unspecified atom stereocenters. The van der Waals surface area contributed by atoms with Crippen molar-refractivity contribution in [1.82, 2.24) is 0 Å². The summed E-state index contributed by atoms with van der Waals surface area (Å²) in [5.74, 6) is 2.12. The Labute approximate surface area is 76.2 Å². The van der Waals surface area contributed by atoms with Crippen molar-refractivity contribution < 1.29 is 5.11 Å². The van der Waals surface area contributed by atoms with Crippen LogP contribution in [-0.4, -0.2) is 10.7 Å². The SMILES string of the molecule is CC.C[C@@H]1CC2CC(C2)[C@]1(C)O. The van der Waals surface area contributed by atoms with Gasteiger partial charge in [0.05, 0.1) is 5.60 Å². The van der Waals surface area contributed by atoms with Crippen molar-refractivity contribution in [2.24, 2.45) is 17.8 Å². The van der Waals surface area contributed by atoms with E-state index in [1.165, 1.54) is 19.3 Å². The fourth-order valence-corrected chi connectivity index (χ4v) is 2.55. The zero-order valence-corrected chi connectivity index (χ0v) is 8.80. The molecule has 0 amide bonds. The lowest BCUT2D eigenvalue weighted by Gasteiger charge is -2.54. The summed E-state index contributed by atoms with van der Waals surface area (Å²) in [6.07, 6.45) is 3.83. The van der Waals surface area contributed by atoms with Crippen molar-refractivity contribution in [2.75, 3.05) is 0 Å². The lowest BCUT2D eigenvalue weighted by molar-refractivity contribution is -0.143. The van der Waals surface area contributed by atoms with Crippen LogP contribution >= 0.6 is 0 Å². The van der Waals surface area contributed by atoms with E-state index in [1.807, 2.05) is 20.8 Å². The van der Waals surface area contributed by atoms with Gasteiger partial charge in [-0.25, -0.2) is 0 Å². The summed E-state index contributed by atoms with van der Waals surface area (Å²) in [6, 6.07) is 0. The standard InChI is InChI=1S/C9H16O.C2H6/c1-6-3-7-4-8(5-7)9(6,2)10;1-2/h6-8,10H,3-5H2,1-2H3;1-2H3/t6-,7?,8?,9-;/m1./s1. The van der Waals surface area contributed by atoms with Crippen molar-refractivity contribution in [3.05, 3.63) is 0 Å². The molecule has 72 valence electrons. The third kappa shape index (κ3) is 1.39. The zero-order chi connectivity index (χ0) is 9.35. The number of rotatable bonds is 0. The van der Waals surface area contributed by atoms with Gasteiger partial charge in [-0.15, -0.1) is 0 Å². The van der Waals surface area contributed by atoms with Gasteiger partial charge in [0.2, 0.25) is 0 Å². The largest absolute Gasteiger partial charge is 0.390 e. The molecule has 3 aliphatic rings. The van der Waals surface area contributed by atoms with Gasteiger partial charge in [0.25, 0.3) is 0 Å². The summed E-state index contributed by atoms with van der Waals surface area (Å²) in [4.78, 5) is 0. The summed E-state index contributed by atoms with van der Waals surface area (Å²) >= 11 is 0. The van der Waals surface area contributed by atoms with Crippen LogP contribution in [0.25, 0.3) is 0 Å². The van der Waals surface area contributed by atoms with Gasteiger partial charge in [-0.1, -0.05) is 20.8 Å². The second kappa shape index (κ2) is 3.37. The molecule has 1 heteroatoms. The van der Waals surface area contributed by atoms with Crippen molar-refractivity contribution in [2.45, 2.75) is 52.6 Å². The molecule has 2 atom stereocenters. The summed E-state index contributed by atoms with van der Waals surface area (Å²) in [5, 5.41) is 9.95. The quantitative estimate of drug-likeness (QED) is 0.592. The van der Waals surface area contributed by atoms with E-state index in [9.17, 15) is 5.11 Å². The zero-order valence-electron chi connectivity index (χ0n) is 8.80. The van der Waals surface area contributed by atoms with Crippen LogP contribution in [0.5, 0.6) is 0 Å². The van der Waals surface area contributed by atoms with E-state index >= 15 is 0 Å². The monoisotopic (exact) mass is 170 g/mol. The minimum atomic E-state index is -0.339. The minimum absolute atomic E-state index is 0.339. The topological polar surface area (TPSA) is 20.2 Å². The molecule has 0 aromatic carbocycles. The lowest BCUT2D eigenvalue weighted by atomic mass is 9.54. The Hall–Kier alpha value is -0.0400. The molecular weight excluding hydrogens is 148 g/mol. The van der Waals surface area contributed by atoms with Gasteiger partial charge >= 0.3 is 0 Å². The van der Waals surface area contributed by atoms with Crippen molar-refractivity contribution >= 4 is 0 Å². The van der Waals surface area contributed by atoms with E-state index in [4.69, 9.17) is 0 Å². The lowest BCUT2D eigenvalue weighted by Crippen LogP contribution is -2.53. The predicted octanol–water partition coefficient (Wildman–Crippen LogP) is 2.83. The maximum atomic E-state index is 9.95. The maximum Gasteiger partial charge on any atom is 0.0673 e. The fraction of sp³-hybridized carbons (Fsp3) is 1.00. The second-order valence-electron chi connectivity index (χ2n) is 4.40. The van der Waals surface area contributed by atoms with Crippen LogP contribution in [0.15, 0.2) is 0 Å². The highest BCUT2D eigenvalue weighted by molar-refractivity contribution is 5.01. The summed E-state index contributed by atoms with van der Waals surface area (Å²) < 4.78 is 0. The highest BCUT2D eigenvalue weighted by Gasteiger charge is 2.50. The molecule has 0 radical (unpaired) electrons. The summed E-state index contributed by atoms with van der Waals surface area (Å²) in [5.41, 5.74) is -0.339. The first kappa shape index (κ1) is 10.0. The van der Waals surface area contributed by atoms with Crippen LogP contribution in [0.4, 0.5) is 0 Å². The van der Waals surface area contributed by atoms with Crippen LogP contribution in [0.1, 0.15) is 47.0 Å². The first-order valence-corrected chi connectivity index (χ1v) is 5.33. The highest BCUT2D eigenvalue weighted by atomic mass is 16.3. The van der Waals surface area contributed by atoms with E-state index in [2.05, 4.69) is 6.92 Å². The van der Waals surface area contributed by atoms with E-state index in [1.54, 1.807) is 0 Å². The minimum Gasteiger partial charge on any atom is -0.390 e. The van der Waals surface area contributed by atoms with Gasteiger partial charge in [-0.2, -0.15) is 0 Å².